The average molecular weight is 329 g/mol. The second-order valence-corrected chi connectivity index (χ2v) is 6.22. The van der Waals surface area contributed by atoms with Crippen molar-refractivity contribution in [3.63, 3.8) is 0 Å². The lowest BCUT2D eigenvalue weighted by Crippen LogP contribution is -2.10. The topological polar surface area (TPSA) is 70.3 Å². The number of hydrogen-bond donors (Lipinski definition) is 3. The molecular weight excluding hydrogens is 310 g/mol. The molecule has 0 fully saturated rings. The molecule has 0 unspecified atom stereocenters. The molecule has 2 aromatic heterocycles. The van der Waals surface area contributed by atoms with Crippen molar-refractivity contribution in [2.24, 2.45) is 0 Å². The smallest absolute Gasteiger partial charge is 0.125 e. The molecule has 0 saturated heterocycles. The maximum Gasteiger partial charge on any atom is 0.125 e. The number of aromatic hydroxyl groups is 1. The van der Waals surface area contributed by atoms with Gasteiger partial charge in [-0.1, -0.05) is 24.3 Å². The Hall–Kier alpha value is -2.31. The molecule has 0 aliphatic heterocycles. The van der Waals surface area contributed by atoms with E-state index in [1.54, 1.807) is 16.0 Å². The van der Waals surface area contributed by atoms with Crippen molar-refractivity contribution in [1.82, 2.24) is 9.78 Å². The van der Waals surface area contributed by atoms with Crippen LogP contribution in [-0.2, 0) is 13.1 Å². The summed E-state index contributed by atoms with van der Waals surface area (Å²) in [5.74, 6) is 1.13. The van der Waals surface area contributed by atoms with E-state index in [0.29, 0.717) is 18.8 Å². The van der Waals surface area contributed by atoms with Crippen LogP contribution in [-0.4, -0.2) is 26.6 Å². The summed E-state index contributed by atoms with van der Waals surface area (Å²) in [6.07, 6.45) is 0. The minimum Gasteiger partial charge on any atom is -0.507 e. The zero-order valence-corrected chi connectivity index (χ0v) is 13.7. The molecule has 3 rings (SSSR count). The molecule has 3 aromatic rings. The number of benzene rings is 1. The number of aromatic nitrogens is 2. The molecule has 0 aliphatic carbocycles. The summed E-state index contributed by atoms with van der Waals surface area (Å²) >= 11 is 1.63. The van der Waals surface area contributed by atoms with Gasteiger partial charge in [0.15, 0.2) is 0 Å². The molecule has 6 heteroatoms. The predicted molar refractivity (Wildman–Crippen MR) is 92.8 cm³/mol. The Bertz CT molecular complexity index is 781. The number of aliphatic hydroxyl groups is 1. The Morgan fingerprint density at radius 1 is 1.26 bits per heavy atom. The number of nitrogens with zero attached hydrogens (tertiary/aromatic N) is 2. The molecule has 3 N–H and O–H groups in total. The first-order valence-corrected chi connectivity index (χ1v) is 8.31. The van der Waals surface area contributed by atoms with Gasteiger partial charge in [0.25, 0.3) is 0 Å². The molecule has 1 aromatic carbocycles. The van der Waals surface area contributed by atoms with Crippen LogP contribution >= 0.6 is 11.3 Å². The van der Waals surface area contributed by atoms with Gasteiger partial charge in [0.05, 0.1) is 18.0 Å². The number of phenols is 1. The minimum atomic E-state index is 0.0237. The molecule has 120 valence electrons. The van der Waals surface area contributed by atoms with E-state index in [1.807, 2.05) is 48.7 Å². The molecule has 0 aliphatic rings. The summed E-state index contributed by atoms with van der Waals surface area (Å²) in [6, 6.07) is 11.7. The Kier molecular flexibility index (Phi) is 4.64. The molecule has 23 heavy (non-hydrogen) atoms. The summed E-state index contributed by atoms with van der Waals surface area (Å²) in [7, 11) is 0. The highest BCUT2D eigenvalue weighted by Crippen LogP contribution is 2.27. The zero-order valence-electron chi connectivity index (χ0n) is 12.9. The zero-order chi connectivity index (χ0) is 16.2. The van der Waals surface area contributed by atoms with Gasteiger partial charge in [-0.2, -0.15) is 5.10 Å². The van der Waals surface area contributed by atoms with E-state index in [1.165, 1.54) is 0 Å². The van der Waals surface area contributed by atoms with Gasteiger partial charge in [-0.25, -0.2) is 4.68 Å². The van der Waals surface area contributed by atoms with Crippen LogP contribution in [0.25, 0.3) is 10.6 Å². The van der Waals surface area contributed by atoms with Crippen LogP contribution in [0.3, 0.4) is 0 Å². The van der Waals surface area contributed by atoms with Crippen LogP contribution in [0.1, 0.15) is 11.1 Å². The van der Waals surface area contributed by atoms with Crippen LogP contribution in [0.2, 0.25) is 0 Å². The van der Waals surface area contributed by atoms with E-state index < -0.39 is 0 Å². The van der Waals surface area contributed by atoms with Crippen molar-refractivity contribution in [2.75, 3.05) is 11.9 Å². The molecule has 0 spiro atoms. The highest BCUT2D eigenvalue weighted by Gasteiger charge is 2.11. The fourth-order valence-corrected chi connectivity index (χ4v) is 3.10. The Labute approximate surface area is 138 Å². The van der Waals surface area contributed by atoms with E-state index in [9.17, 15) is 10.2 Å². The van der Waals surface area contributed by atoms with Gasteiger partial charge in [-0.3, -0.25) is 0 Å². The molecule has 0 amide bonds. The van der Waals surface area contributed by atoms with Gasteiger partial charge in [0.1, 0.15) is 17.3 Å². The van der Waals surface area contributed by atoms with E-state index >= 15 is 0 Å². The van der Waals surface area contributed by atoms with Crippen LogP contribution < -0.4 is 5.32 Å². The highest BCUT2D eigenvalue weighted by atomic mass is 32.1. The Morgan fingerprint density at radius 3 is 2.87 bits per heavy atom. The molecule has 0 bridgehead atoms. The molecular formula is C17H19N3O2S. The third-order valence-electron chi connectivity index (χ3n) is 3.65. The van der Waals surface area contributed by atoms with Crippen molar-refractivity contribution < 1.29 is 10.2 Å². The maximum atomic E-state index is 10.1. The van der Waals surface area contributed by atoms with E-state index in [0.717, 1.165) is 27.5 Å². The first kappa shape index (κ1) is 15.6. The number of rotatable bonds is 6. The first-order chi connectivity index (χ1) is 11.2. The maximum absolute atomic E-state index is 10.1. The predicted octanol–water partition coefficient (Wildman–Crippen LogP) is 3.23. The van der Waals surface area contributed by atoms with Gasteiger partial charge in [-0.05, 0) is 23.9 Å². The molecule has 0 radical (unpaired) electrons. The van der Waals surface area contributed by atoms with Gasteiger partial charge in [-0.15, -0.1) is 11.3 Å². The number of phenolic OH excluding ortho intramolecular Hbond substituents is 1. The van der Waals surface area contributed by atoms with E-state index in [-0.39, 0.29) is 6.61 Å². The monoisotopic (exact) mass is 329 g/mol. The van der Waals surface area contributed by atoms with Gasteiger partial charge >= 0.3 is 0 Å². The lowest BCUT2D eigenvalue weighted by molar-refractivity contribution is 0.270. The van der Waals surface area contributed by atoms with Crippen molar-refractivity contribution >= 4 is 17.2 Å². The lowest BCUT2D eigenvalue weighted by atomic mass is 10.1. The lowest BCUT2D eigenvalue weighted by Gasteiger charge is -2.11. The number of anilines is 1. The van der Waals surface area contributed by atoms with Crippen LogP contribution in [0.15, 0.2) is 41.8 Å². The fraction of sp³-hybridized carbons (Fsp3) is 0.235. The van der Waals surface area contributed by atoms with Gasteiger partial charge in [0, 0.05) is 18.2 Å². The SMILES string of the molecule is Cc1cccc(CNc2cc(-c3cccs3)nn2CCO)c1O. The highest BCUT2D eigenvalue weighted by molar-refractivity contribution is 7.13. The summed E-state index contributed by atoms with van der Waals surface area (Å²) in [5, 5.41) is 29.2. The van der Waals surface area contributed by atoms with Crippen molar-refractivity contribution in [3.8, 4) is 16.3 Å². The van der Waals surface area contributed by atoms with Crippen molar-refractivity contribution in [1.29, 1.82) is 0 Å². The van der Waals surface area contributed by atoms with Crippen LogP contribution in [0.5, 0.6) is 5.75 Å². The van der Waals surface area contributed by atoms with Gasteiger partial charge < -0.3 is 15.5 Å². The number of thiophene rings is 1. The standard InChI is InChI=1S/C17H19N3O2S/c1-12-4-2-5-13(17(12)22)11-18-16-10-14(15-6-3-9-23-15)19-20(16)7-8-21/h2-6,9-10,18,21-22H,7-8,11H2,1H3. The Balaban J connectivity index is 1.82. The van der Waals surface area contributed by atoms with Crippen LogP contribution in [0.4, 0.5) is 5.82 Å². The van der Waals surface area contributed by atoms with Gasteiger partial charge in [0.2, 0.25) is 0 Å². The first-order valence-electron chi connectivity index (χ1n) is 7.43. The molecule has 0 saturated carbocycles. The summed E-state index contributed by atoms with van der Waals surface area (Å²) in [5.41, 5.74) is 2.57. The number of aliphatic hydroxyl groups excluding tert-OH is 1. The quantitative estimate of drug-likeness (QED) is 0.649. The third-order valence-corrected chi connectivity index (χ3v) is 4.54. The average Bonchev–Trinajstić information content (AvgIpc) is 3.19. The second kappa shape index (κ2) is 6.85. The summed E-state index contributed by atoms with van der Waals surface area (Å²) in [4.78, 5) is 1.09. The Morgan fingerprint density at radius 2 is 2.13 bits per heavy atom. The number of hydrogen-bond acceptors (Lipinski definition) is 5. The van der Waals surface area contributed by atoms with Crippen LogP contribution in [0, 0.1) is 6.92 Å². The largest absolute Gasteiger partial charge is 0.507 e. The van der Waals surface area contributed by atoms with E-state index in [2.05, 4.69) is 10.4 Å². The summed E-state index contributed by atoms with van der Waals surface area (Å²) < 4.78 is 1.75. The minimum absolute atomic E-state index is 0.0237. The number of aryl methyl sites for hydroxylation is 1. The summed E-state index contributed by atoms with van der Waals surface area (Å²) in [6.45, 7) is 2.82. The molecule has 2 heterocycles. The molecule has 0 atom stereocenters. The number of nitrogens with one attached hydrogen (secondary N) is 1. The third kappa shape index (κ3) is 3.38. The normalized spacial score (nSPS) is 10.9. The second-order valence-electron chi connectivity index (χ2n) is 5.28. The van der Waals surface area contributed by atoms with Crippen molar-refractivity contribution in [3.05, 3.63) is 52.9 Å². The number of para-hydroxylation sites is 1. The van der Waals surface area contributed by atoms with E-state index in [4.69, 9.17) is 0 Å². The van der Waals surface area contributed by atoms with Crippen molar-refractivity contribution in [2.45, 2.75) is 20.0 Å². The molecule has 5 nitrogen and oxygen atoms in total. The fourth-order valence-electron chi connectivity index (χ4n) is 2.42.